The van der Waals surface area contributed by atoms with Crippen molar-refractivity contribution in [3.63, 3.8) is 0 Å². The predicted octanol–water partition coefficient (Wildman–Crippen LogP) is 3.44. The highest BCUT2D eigenvalue weighted by Gasteiger charge is 2.31. The van der Waals surface area contributed by atoms with Crippen LogP contribution in [0.5, 0.6) is 0 Å². The zero-order chi connectivity index (χ0) is 13.5. The van der Waals surface area contributed by atoms with Crippen LogP contribution in [0.15, 0.2) is 24.4 Å². The average Bonchev–Trinajstić information content (AvgIpc) is 2.55. The van der Waals surface area contributed by atoms with Gasteiger partial charge < -0.3 is 5.73 Å². The van der Waals surface area contributed by atoms with Gasteiger partial charge in [-0.3, -0.25) is 4.57 Å². The lowest BCUT2D eigenvalue weighted by molar-refractivity contribution is -0.137. The Balaban J connectivity index is 2.59. The van der Waals surface area contributed by atoms with Crippen LogP contribution in [-0.2, 0) is 6.18 Å². The van der Waals surface area contributed by atoms with E-state index in [1.165, 1.54) is 10.6 Å². The number of alkyl halides is 3. The molecule has 0 atom stereocenters. The molecule has 7 heteroatoms. The van der Waals surface area contributed by atoms with E-state index in [0.717, 1.165) is 12.1 Å². The van der Waals surface area contributed by atoms with Gasteiger partial charge in [0, 0.05) is 11.2 Å². The molecule has 2 N–H and O–H groups in total. The quantitative estimate of drug-likeness (QED) is 0.866. The monoisotopic (exact) mass is 275 g/mol. The zero-order valence-electron chi connectivity index (χ0n) is 9.29. The van der Waals surface area contributed by atoms with E-state index in [0.29, 0.717) is 5.69 Å². The molecule has 0 saturated heterocycles. The average molecular weight is 276 g/mol. The number of anilines is 1. The number of aryl methyl sites for hydroxylation is 1. The van der Waals surface area contributed by atoms with Crippen molar-refractivity contribution in [2.75, 3.05) is 5.73 Å². The minimum absolute atomic E-state index is 0.00872. The van der Waals surface area contributed by atoms with Gasteiger partial charge in [-0.1, -0.05) is 11.6 Å². The van der Waals surface area contributed by atoms with Crippen LogP contribution in [0.4, 0.5) is 19.1 Å². The molecule has 2 aromatic rings. The van der Waals surface area contributed by atoms with Gasteiger partial charge in [-0.15, -0.1) is 0 Å². The third-order valence-corrected chi connectivity index (χ3v) is 2.56. The van der Waals surface area contributed by atoms with Crippen molar-refractivity contribution in [2.24, 2.45) is 0 Å². The van der Waals surface area contributed by atoms with Gasteiger partial charge in [0.15, 0.2) is 0 Å². The van der Waals surface area contributed by atoms with Crippen molar-refractivity contribution in [3.8, 4) is 5.69 Å². The first kappa shape index (κ1) is 12.8. The highest BCUT2D eigenvalue weighted by molar-refractivity contribution is 6.30. The van der Waals surface area contributed by atoms with Gasteiger partial charge in [-0.2, -0.15) is 13.2 Å². The standard InChI is InChI=1S/C11H9ClF3N3/c1-6-5-18(10(16)17-6)9-3-7(11(13,14)15)2-8(12)4-9/h2-5H,1H3,(H2,16,17). The van der Waals surface area contributed by atoms with E-state index in [4.69, 9.17) is 17.3 Å². The maximum atomic E-state index is 12.7. The first-order valence-corrected chi connectivity index (χ1v) is 5.35. The number of nitrogens with zero attached hydrogens (tertiary/aromatic N) is 2. The molecule has 0 radical (unpaired) electrons. The molecule has 0 fully saturated rings. The molecule has 96 valence electrons. The number of benzene rings is 1. The predicted molar refractivity (Wildman–Crippen MR) is 62.7 cm³/mol. The van der Waals surface area contributed by atoms with Crippen LogP contribution in [0.3, 0.4) is 0 Å². The highest BCUT2D eigenvalue weighted by Crippen LogP contribution is 2.33. The molecule has 18 heavy (non-hydrogen) atoms. The van der Waals surface area contributed by atoms with Gasteiger partial charge >= 0.3 is 6.18 Å². The first-order chi connectivity index (χ1) is 8.27. The van der Waals surface area contributed by atoms with Crippen LogP contribution in [0.2, 0.25) is 5.02 Å². The van der Waals surface area contributed by atoms with E-state index in [9.17, 15) is 13.2 Å². The van der Waals surface area contributed by atoms with Crippen molar-refractivity contribution in [2.45, 2.75) is 13.1 Å². The summed E-state index contributed by atoms with van der Waals surface area (Å²) in [5.74, 6) is 0.114. The molecule has 0 spiro atoms. The van der Waals surface area contributed by atoms with Crippen LogP contribution in [0, 0.1) is 6.92 Å². The molecule has 0 unspecified atom stereocenters. The summed E-state index contributed by atoms with van der Waals surface area (Å²) in [6.45, 7) is 1.70. The lowest BCUT2D eigenvalue weighted by Crippen LogP contribution is -2.07. The fourth-order valence-corrected chi connectivity index (χ4v) is 1.83. The van der Waals surface area contributed by atoms with Crippen LogP contribution < -0.4 is 5.73 Å². The van der Waals surface area contributed by atoms with E-state index < -0.39 is 11.7 Å². The molecular weight excluding hydrogens is 267 g/mol. The van der Waals surface area contributed by atoms with Gasteiger partial charge in [0.2, 0.25) is 5.95 Å². The Morgan fingerprint density at radius 3 is 2.44 bits per heavy atom. The molecule has 0 aliphatic carbocycles. The van der Waals surface area contributed by atoms with Crippen molar-refractivity contribution in [3.05, 3.63) is 40.7 Å². The van der Waals surface area contributed by atoms with E-state index in [2.05, 4.69) is 4.98 Å². The molecule has 0 saturated carbocycles. The largest absolute Gasteiger partial charge is 0.416 e. The lowest BCUT2D eigenvalue weighted by Gasteiger charge is -2.11. The topological polar surface area (TPSA) is 43.8 Å². The van der Waals surface area contributed by atoms with E-state index in [1.807, 2.05) is 0 Å². The Morgan fingerprint density at radius 1 is 1.28 bits per heavy atom. The Labute approximate surface area is 106 Å². The minimum Gasteiger partial charge on any atom is -0.369 e. The number of halogens is 4. The first-order valence-electron chi connectivity index (χ1n) is 4.97. The summed E-state index contributed by atoms with van der Waals surface area (Å²) >= 11 is 5.69. The summed E-state index contributed by atoms with van der Waals surface area (Å²) < 4.78 is 39.3. The number of hydrogen-bond acceptors (Lipinski definition) is 2. The Kier molecular flexibility index (Phi) is 2.98. The normalized spacial score (nSPS) is 11.8. The van der Waals surface area contributed by atoms with E-state index in [1.54, 1.807) is 13.1 Å². The second kappa shape index (κ2) is 4.20. The summed E-state index contributed by atoms with van der Waals surface area (Å²) in [6.07, 6.45) is -2.91. The Morgan fingerprint density at radius 2 is 1.94 bits per heavy atom. The maximum Gasteiger partial charge on any atom is 0.416 e. The van der Waals surface area contributed by atoms with Crippen molar-refractivity contribution in [1.29, 1.82) is 0 Å². The molecule has 2 rings (SSSR count). The number of imidazole rings is 1. The summed E-state index contributed by atoms with van der Waals surface area (Å²) in [5, 5.41) is -0.00872. The molecule has 1 aromatic heterocycles. The summed E-state index contributed by atoms with van der Waals surface area (Å²) in [5.41, 5.74) is 5.63. The fraction of sp³-hybridized carbons (Fsp3) is 0.182. The molecule has 0 bridgehead atoms. The highest BCUT2D eigenvalue weighted by atomic mass is 35.5. The van der Waals surface area contributed by atoms with Crippen molar-refractivity contribution < 1.29 is 13.2 Å². The summed E-state index contributed by atoms with van der Waals surface area (Å²) in [4.78, 5) is 3.93. The molecule has 0 amide bonds. The number of nitrogens with two attached hydrogens (primary N) is 1. The molecule has 1 aromatic carbocycles. The second-order valence-electron chi connectivity index (χ2n) is 3.81. The maximum absolute atomic E-state index is 12.7. The molecule has 3 nitrogen and oxygen atoms in total. The smallest absolute Gasteiger partial charge is 0.369 e. The van der Waals surface area contributed by atoms with Crippen LogP contribution in [-0.4, -0.2) is 9.55 Å². The van der Waals surface area contributed by atoms with E-state index in [-0.39, 0.29) is 16.7 Å². The van der Waals surface area contributed by atoms with Gasteiger partial charge in [-0.25, -0.2) is 4.98 Å². The van der Waals surface area contributed by atoms with Gasteiger partial charge in [0.05, 0.1) is 16.9 Å². The van der Waals surface area contributed by atoms with Crippen LogP contribution in [0.1, 0.15) is 11.3 Å². The molecule has 0 aliphatic rings. The van der Waals surface area contributed by atoms with Crippen molar-refractivity contribution >= 4 is 17.5 Å². The fourth-order valence-electron chi connectivity index (χ4n) is 1.60. The SMILES string of the molecule is Cc1cn(-c2cc(Cl)cc(C(F)(F)F)c2)c(N)n1. The molecule has 0 aliphatic heterocycles. The Hall–Kier alpha value is -1.69. The lowest BCUT2D eigenvalue weighted by atomic mass is 10.2. The zero-order valence-corrected chi connectivity index (χ0v) is 10.0. The molecule has 1 heterocycles. The number of nitrogen functional groups attached to an aromatic ring is 1. The number of aromatic nitrogens is 2. The van der Waals surface area contributed by atoms with Gasteiger partial charge in [0.1, 0.15) is 0 Å². The third-order valence-electron chi connectivity index (χ3n) is 2.34. The minimum atomic E-state index is -4.45. The van der Waals surface area contributed by atoms with Gasteiger partial charge in [-0.05, 0) is 25.1 Å². The molecular formula is C11H9ClF3N3. The van der Waals surface area contributed by atoms with Crippen molar-refractivity contribution in [1.82, 2.24) is 9.55 Å². The summed E-state index contributed by atoms with van der Waals surface area (Å²) in [7, 11) is 0. The van der Waals surface area contributed by atoms with Crippen LogP contribution in [0.25, 0.3) is 5.69 Å². The number of hydrogen-bond donors (Lipinski definition) is 1. The summed E-state index contributed by atoms with van der Waals surface area (Å²) in [6, 6.07) is 3.24. The Bertz CT molecular complexity index is 590. The van der Waals surface area contributed by atoms with Crippen LogP contribution >= 0.6 is 11.6 Å². The number of rotatable bonds is 1. The van der Waals surface area contributed by atoms with Gasteiger partial charge in [0.25, 0.3) is 0 Å². The van der Waals surface area contributed by atoms with E-state index >= 15 is 0 Å². The second-order valence-corrected chi connectivity index (χ2v) is 4.24. The third kappa shape index (κ3) is 2.43.